The standard InChI is InChI=1S/C16H12BrClFN3O2/c1-2-24-16(23)9-6-12-15(21-7-20-12)13(19)14(9)22-11-4-3-8(17)5-10(11)18/h3-7,22H,2H2,1H3,(H,20,21). The third-order valence-electron chi connectivity index (χ3n) is 3.34. The van der Waals surface area contributed by atoms with E-state index in [9.17, 15) is 9.18 Å². The van der Waals surface area contributed by atoms with Crippen LogP contribution >= 0.6 is 27.5 Å². The lowest BCUT2D eigenvalue weighted by Gasteiger charge is -2.14. The van der Waals surface area contributed by atoms with Crippen molar-refractivity contribution in [2.75, 3.05) is 11.9 Å². The van der Waals surface area contributed by atoms with Crippen LogP contribution < -0.4 is 5.32 Å². The number of hydrogen-bond acceptors (Lipinski definition) is 4. The molecule has 0 saturated heterocycles. The van der Waals surface area contributed by atoms with Gasteiger partial charge in [0, 0.05) is 4.47 Å². The highest BCUT2D eigenvalue weighted by molar-refractivity contribution is 9.10. The lowest BCUT2D eigenvalue weighted by molar-refractivity contribution is 0.0527. The Balaban J connectivity index is 2.15. The molecule has 0 aliphatic heterocycles. The highest BCUT2D eigenvalue weighted by Crippen LogP contribution is 2.34. The molecule has 0 radical (unpaired) electrons. The third kappa shape index (κ3) is 3.09. The Kier molecular flexibility index (Phi) is 4.73. The summed E-state index contributed by atoms with van der Waals surface area (Å²) >= 11 is 9.48. The lowest BCUT2D eigenvalue weighted by Crippen LogP contribution is -2.10. The van der Waals surface area contributed by atoms with Crippen LogP contribution in [0.1, 0.15) is 17.3 Å². The largest absolute Gasteiger partial charge is 0.462 e. The summed E-state index contributed by atoms with van der Waals surface area (Å²) in [4.78, 5) is 18.9. The van der Waals surface area contributed by atoms with Gasteiger partial charge in [-0.1, -0.05) is 27.5 Å². The van der Waals surface area contributed by atoms with Crippen LogP contribution in [0.5, 0.6) is 0 Å². The number of rotatable bonds is 4. The minimum Gasteiger partial charge on any atom is -0.462 e. The summed E-state index contributed by atoms with van der Waals surface area (Å²) in [6, 6.07) is 6.59. The SMILES string of the molecule is CCOC(=O)c1cc2[nH]cnc2c(F)c1Nc1ccc(Br)cc1Cl. The van der Waals surface area contributed by atoms with Gasteiger partial charge in [0.25, 0.3) is 0 Å². The molecule has 3 rings (SSSR count). The lowest BCUT2D eigenvalue weighted by atomic mass is 10.1. The number of imidazole rings is 1. The van der Waals surface area contributed by atoms with Gasteiger partial charge in [-0.15, -0.1) is 0 Å². The summed E-state index contributed by atoms with van der Waals surface area (Å²) in [6.07, 6.45) is 1.36. The van der Waals surface area contributed by atoms with E-state index in [1.54, 1.807) is 25.1 Å². The minimum atomic E-state index is -0.657. The van der Waals surface area contributed by atoms with Gasteiger partial charge in [0.1, 0.15) is 5.52 Å². The van der Waals surface area contributed by atoms with Crippen molar-refractivity contribution < 1.29 is 13.9 Å². The van der Waals surface area contributed by atoms with Gasteiger partial charge in [0.05, 0.1) is 40.4 Å². The Morgan fingerprint density at radius 3 is 2.96 bits per heavy atom. The Morgan fingerprint density at radius 1 is 1.46 bits per heavy atom. The molecule has 0 aliphatic rings. The van der Waals surface area contributed by atoms with Crippen LogP contribution in [0.3, 0.4) is 0 Å². The number of fused-ring (bicyclic) bond motifs is 1. The van der Waals surface area contributed by atoms with Crippen molar-refractivity contribution in [1.29, 1.82) is 0 Å². The fourth-order valence-corrected chi connectivity index (χ4v) is 2.98. The molecule has 0 fully saturated rings. The van der Waals surface area contributed by atoms with Crippen LogP contribution in [0.25, 0.3) is 11.0 Å². The fraction of sp³-hybridized carbons (Fsp3) is 0.125. The number of H-pyrrole nitrogens is 1. The first kappa shape index (κ1) is 16.7. The van der Waals surface area contributed by atoms with Crippen LogP contribution in [0.4, 0.5) is 15.8 Å². The van der Waals surface area contributed by atoms with E-state index in [1.807, 2.05) is 0 Å². The number of anilines is 2. The maximum Gasteiger partial charge on any atom is 0.340 e. The molecule has 3 aromatic rings. The number of hydrogen-bond donors (Lipinski definition) is 2. The first-order valence-corrected chi connectivity index (χ1v) is 8.23. The number of aromatic amines is 1. The molecule has 0 unspecified atom stereocenters. The number of benzene rings is 2. The van der Waals surface area contributed by atoms with Gasteiger partial charge in [-0.25, -0.2) is 14.2 Å². The molecule has 0 spiro atoms. The van der Waals surface area contributed by atoms with Crippen molar-refractivity contribution in [1.82, 2.24) is 9.97 Å². The zero-order valence-corrected chi connectivity index (χ0v) is 14.8. The van der Waals surface area contributed by atoms with E-state index in [4.69, 9.17) is 16.3 Å². The molecule has 5 nitrogen and oxygen atoms in total. The molecule has 2 aromatic carbocycles. The Labute approximate surface area is 150 Å². The molecule has 0 bridgehead atoms. The summed E-state index contributed by atoms with van der Waals surface area (Å²) in [6.45, 7) is 1.86. The van der Waals surface area contributed by atoms with Crippen molar-refractivity contribution in [2.24, 2.45) is 0 Å². The predicted octanol–water partition coefficient (Wildman–Crippen LogP) is 5.04. The maximum absolute atomic E-state index is 14.9. The molecule has 2 N–H and O–H groups in total. The highest BCUT2D eigenvalue weighted by atomic mass is 79.9. The summed E-state index contributed by atoms with van der Waals surface area (Å²) in [5.74, 6) is -1.29. The van der Waals surface area contributed by atoms with Crippen LogP contribution in [0, 0.1) is 5.82 Å². The molecule has 1 aromatic heterocycles. The molecule has 0 amide bonds. The number of carbonyl (C=O) groups excluding carboxylic acids is 1. The smallest absolute Gasteiger partial charge is 0.340 e. The monoisotopic (exact) mass is 411 g/mol. The first-order chi connectivity index (χ1) is 11.5. The molecule has 24 heavy (non-hydrogen) atoms. The normalized spacial score (nSPS) is 10.8. The quantitative estimate of drug-likeness (QED) is 0.589. The van der Waals surface area contributed by atoms with E-state index in [1.165, 1.54) is 12.4 Å². The summed E-state index contributed by atoms with van der Waals surface area (Å²) in [5, 5.41) is 3.25. The minimum absolute atomic E-state index is 0.0303. The van der Waals surface area contributed by atoms with Crippen LogP contribution in [-0.2, 0) is 4.74 Å². The number of esters is 1. The first-order valence-electron chi connectivity index (χ1n) is 7.06. The Hall–Kier alpha value is -2.12. The van der Waals surface area contributed by atoms with E-state index in [0.29, 0.717) is 16.2 Å². The second kappa shape index (κ2) is 6.78. The van der Waals surface area contributed by atoms with Crippen LogP contribution in [0.2, 0.25) is 5.02 Å². The molecule has 0 saturated carbocycles. The van der Waals surface area contributed by atoms with Gasteiger partial charge in [0.2, 0.25) is 0 Å². The summed E-state index contributed by atoms with van der Waals surface area (Å²) in [5.41, 5.74) is 1.02. The van der Waals surface area contributed by atoms with Gasteiger partial charge in [-0.05, 0) is 31.2 Å². The van der Waals surface area contributed by atoms with E-state index in [2.05, 4.69) is 31.2 Å². The number of nitrogens with zero attached hydrogens (tertiary/aromatic N) is 1. The van der Waals surface area contributed by atoms with Gasteiger partial charge in [0.15, 0.2) is 5.82 Å². The molecule has 0 aliphatic carbocycles. The second-order valence-corrected chi connectivity index (χ2v) is 6.20. The summed E-state index contributed by atoms with van der Waals surface area (Å²) < 4.78 is 20.7. The molecule has 8 heteroatoms. The Bertz CT molecular complexity index is 929. The fourth-order valence-electron chi connectivity index (χ4n) is 2.26. The molecule has 1 heterocycles. The summed E-state index contributed by atoms with van der Waals surface area (Å²) in [7, 11) is 0. The van der Waals surface area contributed by atoms with Crippen LogP contribution in [-0.4, -0.2) is 22.5 Å². The number of aromatic nitrogens is 2. The number of halogens is 3. The molecule has 0 atom stereocenters. The van der Waals surface area contributed by atoms with E-state index >= 15 is 0 Å². The van der Waals surface area contributed by atoms with E-state index in [-0.39, 0.29) is 23.4 Å². The average molecular weight is 413 g/mol. The van der Waals surface area contributed by atoms with Crippen LogP contribution in [0.15, 0.2) is 35.1 Å². The molecular formula is C16H12BrClFN3O2. The molecular weight excluding hydrogens is 401 g/mol. The number of ether oxygens (including phenoxy) is 1. The topological polar surface area (TPSA) is 67.0 Å². The van der Waals surface area contributed by atoms with Crippen molar-refractivity contribution in [3.63, 3.8) is 0 Å². The second-order valence-electron chi connectivity index (χ2n) is 4.88. The highest BCUT2D eigenvalue weighted by Gasteiger charge is 2.22. The van der Waals surface area contributed by atoms with Crippen molar-refractivity contribution in [3.8, 4) is 0 Å². The van der Waals surface area contributed by atoms with Crippen molar-refractivity contribution >= 4 is 55.9 Å². The zero-order chi connectivity index (χ0) is 17.3. The maximum atomic E-state index is 14.9. The van der Waals surface area contributed by atoms with Gasteiger partial charge in [-0.2, -0.15) is 0 Å². The zero-order valence-electron chi connectivity index (χ0n) is 12.5. The van der Waals surface area contributed by atoms with E-state index < -0.39 is 11.8 Å². The third-order valence-corrected chi connectivity index (χ3v) is 4.15. The van der Waals surface area contributed by atoms with Gasteiger partial charge < -0.3 is 15.0 Å². The number of nitrogens with one attached hydrogen (secondary N) is 2. The average Bonchev–Trinajstić information content (AvgIpc) is 3.01. The predicted molar refractivity (Wildman–Crippen MR) is 94.4 cm³/mol. The Morgan fingerprint density at radius 2 is 2.25 bits per heavy atom. The molecule has 124 valence electrons. The number of carbonyl (C=O) groups is 1. The van der Waals surface area contributed by atoms with Crippen molar-refractivity contribution in [2.45, 2.75) is 6.92 Å². The van der Waals surface area contributed by atoms with E-state index in [0.717, 1.165) is 4.47 Å². The van der Waals surface area contributed by atoms with Gasteiger partial charge >= 0.3 is 5.97 Å². The van der Waals surface area contributed by atoms with Gasteiger partial charge in [-0.3, -0.25) is 0 Å². The van der Waals surface area contributed by atoms with Crippen molar-refractivity contribution in [3.05, 3.63) is 51.5 Å².